The van der Waals surface area contributed by atoms with Gasteiger partial charge in [0.05, 0.1) is 30.3 Å². The lowest BCUT2D eigenvalue weighted by Crippen LogP contribution is -2.50. The number of carbonyl (C=O) groups is 2. The third-order valence-electron chi connectivity index (χ3n) is 7.46. The van der Waals surface area contributed by atoms with Gasteiger partial charge in [-0.2, -0.15) is 5.26 Å². The molecule has 0 aromatic heterocycles. The SMILES string of the molecule is N#Cc1ccc(C(=O)N2C[C@@H]3C[C@H]2CN3C(=O)c2ccc(OCCCN3CCCCC3)cc2)cc1. The van der Waals surface area contributed by atoms with E-state index in [1.165, 1.54) is 32.4 Å². The average Bonchev–Trinajstić information content (AvgIpc) is 3.53. The largest absolute Gasteiger partial charge is 0.494 e. The van der Waals surface area contributed by atoms with Gasteiger partial charge in [0.1, 0.15) is 5.75 Å². The quantitative estimate of drug-likeness (QED) is 0.576. The first-order valence-corrected chi connectivity index (χ1v) is 12.7. The number of benzene rings is 2. The van der Waals surface area contributed by atoms with Crippen LogP contribution in [0.25, 0.3) is 0 Å². The number of piperidine rings is 1. The highest BCUT2D eigenvalue weighted by Crippen LogP contribution is 2.33. The molecule has 2 bridgehead atoms. The Morgan fingerprint density at radius 2 is 1.43 bits per heavy atom. The first-order valence-electron chi connectivity index (χ1n) is 12.7. The van der Waals surface area contributed by atoms with Gasteiger partial charge in [-0.15, -0.1) is 0 Å². The van der Waals surface area contributed by atoms with Gasteiger partial charge in [-0.1, -0.05) is 6.42 Å². The van der Waals surface area contributed by atoms with Gasteiger partial charge >= 0.3 is 0 Å². The summed E-state index contributed by atoms with van der Waals surface area (Å²) >= 11 is 0. The molecule has 0 saturated carbocycles. The van der Waals surface area contributed by atoms with Crippen LogP contribution in [0, 0.1) is 11.3 Å². The molecule has 3 saturated heterocycles. The molecule has 0 N–H and O–H groups in total. The van der Waals surface area contributed by atoms with E-state index in [0.717, 1.165) is 25.1 Å². The summed E-state index contributed by atoms with van der Waals surface area (Å²) in [6, 6.07) is 16.3. The van der Waals surface area contributed by atoms with Crippen molar-refractivity contribution < 1.29 is 14.3 Å². The average molecular weight is 473 g/mol. The van der Waals surface area contributed by atoms with Crippen molar-refractivity contribution in [2.75, 3.05) is 39.3 Å². The number of likely N-dealkylation sites (tertiary alicyclic amines) is 3. The zero-order valence-electron chi connectivity index (χ0n) is 20.1. The molecule has 5 rings (SSSR count). The molecule has 2 amide bonds. The Hall–Kier alpha value is -3.37. The van der Waals surface area contributed by atoms with Crippen molar-refractivity contribution in [3.8, 4) is 11.8 Å². The van der Waals surface area contributed by atoms with Crippen LogP contribution < -0.4 is 4.74 Å². The highest BCUT2D eigenvalue weighted by Gasteiger charge is 2.47. The van der Waals surface area contributed by atoms with Gasteiger partial charge in [-0.3, -0.25) is 9.59 Å². The highest BCUT2D eigenvalue weighted by atomic mass is 16.5. The zero-order valence-corrected chi connectivity index (χ0v) is 20.1. The van der Waals surface area contributed by atoms with E-state index in [4.69, 9.17) is 10.00 Å². The van der Waals surface area contributed by atoms with Crippen LogP contribution in [0.1, 0.15) is 58.4 Å². The fraction of sp³-hybridized carbons (Fsp3) is 0.464. The van der Waals surface area contributed by atoms with Crippen molar-refractivity contribution in [3.63, 3.8) is 0 Å². The Bertz CT molecular complexity index is 1090. The Balaban J connectivity index is 1.10. The predicted octanol–water partition coefficient (Wildman–Crippen LogP) is 3.55. The van der Waals surface area contributed by atoms with E-state index in [0.29, 0.717) is 36.4 Å². The molecule has 2 aromatic carbocycles. The maximum atomic E-state index is 13.1. The third-order valence-corrected chi connectivity index (χ3v) is 7.46. The van der Waals surface area contributed by atoms with Crippen molar-refractivity contribution in [1.29, 1.82) is 5.26 Å². The van der Waals surface area contributed by atoms with Crippen LogP contribution in [-0.4, -0.2) is 77.9 Å². The second-order valence-electron chi connectivity index (χ2n) is 9.78. The molecule has 0 aliphatic carbocycles. The molecule has 35 heavy (non-hydrogen) atoms. The molecule has 2 atom stereocenters. The minimum absolute atomic E-state index is 0.0135. The van der Waals surface area contributed by atoms with E-state index in [-0.39, 0.29) is 23.9 Å². The number of fused-ring (bicyclic) bond motifs is 2. The number of piperazine rings is 1. The van der Waals surface area contributed by atoms with Crippen LogP contribution >= 0.6 is 0 Å². The fourth-order valence-electron chi connectivity index (χ4n) is 5.54. The summed E-state index contributed by atoms with van der Waals surface area (Å²) in [4.78, 5) is 32.4. The van der Waals surface area contributed by atoms with E-state index in [9.17, 15) is 9.59 Å². The lowest BCUT2D eigenvalue weighted by Gasteiger charge is -2.34. The van der Waals surface area contributed by atoms with Gasteiger partial charge in [-0.05, 0) is 87.3 Å². The molecule has 0 radical (unpaired) electrons. The first-order chi connectivity index (χ1) is 17.1. The van der Waals surface area contributed by atoms with Crippen LogP contribution in [0.3, 0.4) is 0 Å². The lowest BCUT2D eigenvalue weighted by atomic mass is 10.1. The van der Waals surface area contributed by atoms with Crippen molar-refractivity contribution in [3.05, 3.63) is 65.2 Å². The summed E-state index contributed by atoms with van der Waals surface area (Å²) in [5.41, 5.74) is 1.78. The summed E-state index contributed by atoms with van der Waals surface area (Å²) in [6.07, 6.45) is 5.79. The van der Waals surface area contributed by atoms with Crippen LogP contribution in [0.2, 0.25) is 0 Å². The summed E-state index contributed by atoms with van der Waals surface area (Å²) in [5, 5.41) is 8.96. The third kappa shape index (κ3) is 5.18. The van der Waals surface area contributed by atoms with Gasteiger partial charge in [0.15, 0.2) is 0 Å². The number of hydrogen-bond acceptors (Lipinski definition) is 5. The molecule has 3 aliphatic rings. The molecule has 182 valence electrons. The molecule has 3 aliphatic heterocycles. The predicted molar refractivity (Wildman–Crippen MR) is 132 cm³/mol. The van der Waals surface area contributed by atoms with Gasteiger partial charge in [0, 0.05) is 30.8 Å². The molecule has 3 heterocycles. The van der Waals surface area contributed by atoms with E-state index >= 15 is 0 Å². The van der Waals surface area contributed by atoms with E-state index < -0.39 is 0 Å². The summed E-state index contributed by atoms with van der Waals surface area (Å²) in [5.74, 6) is 0.776. The Morgan fingerprint density at radius 3 is 1.97 bits per heavy atom. The number of nitriles is 1. The standard InChI is InChI=1S/C28H32N4O3/c29-18-21-5-7-22(8-6-21)27(33)31-19-25-17-24(31)20-32(25)28(34)23-9-11-26(12-10-23)35-16-4-15-30-13-2-1-3-14-30/h5-12,24-25H,1-4,13-17,19-20H2/t24-,25-/m0/s1. The van der Waals surface area contributed by atoms with Crippen molar-refractivity contribution in [1.82, 2.24) is 14.7 Å². The highest BCUT2D eigenvalue weighted by molar-refractivity contribution is 5.97. The lowest BCUT2D eigenvalue weighted by molar-refractivity contribution is 0.0526. The molecule has 7 heteroatoms. The van der Waals surface area contributed by atoms with Crippen LogP contribution in [0.5, 0.6) is 5.75 Å². The smallest absolute Gasteiger partial charge is 0.254 e. The monoisotopic (exact) mass is 472 g/mol. The Labute approximate surface area is 206 Å². The maximum Gasteiger partial charge on any atom is 0.254 e. The topological polar surface area (TPSA) is 76.9 Å². The van der Waals surface area contributed by atoms with E-state index in [1.807, 2.05) is 34.1 Å². The maximum absolute atomic E-state index is 13.1. The second kappa shape index (κ2) is 10.5. The summed E-state index contributed by atoms with van der Waals surface area (Å²) < 4.78 is 5.89. The number of hydrogen-bond donors (Lipinski definition) is 0. The van der Waals surface area contributed by atoms with Crippen LogP contribution in [0.15, 0.2) is 48.5 Å². The summed E-state index contributed by atoms with van der Waals surface area (Å²) in [7, 11) is 0. The molecule has 2 aromatic rings. The molecular formula is C28H32N4O3. The molecule has 7 nitrogen and oxygen atoms in total. The molecular weight excluding hydrogens is 440 g/mol. The number of rotatable bonds is 7. The number of amides is 2. The molecule has 3 fully saturated rings. The van der Waals surface area contributed by atoms with Gasteiger partial charge < -0.3 is 19.4 Å². The van der Waals surface area contributed by atoms with E-state index in [1.54, 1.807) is 24.3 Å². The molecule has 0 unspecified atom stereocenters. The second-order valence-corrected chi connectivity index (χ2v) is 9.78. The fourth-order valence-corrected chi connectivity index (χ4v) is 5.54. The Morgan fingerprint density at radius 1 is 0.857 bits per heavy atom. The van der Waals surface area contributed by atoms with Gasteiger partial charge in [0.25, 0.3) is 11.8 Å². The summed E-state index contributed by atoms with van der Waals surface area (Å²) in [6.45, 7) is 5.28. The minimum atomic E-state index is -0.0316. The minimum Gasteiger partial charge on any atom is -0.494 e. The van der Waals surface area contributed by atoms with Gasteiger partial charge in [-0.25, -0.2) is 0 Å². The zero-order chi connectivity index (χ0) is 24.2. The van der Waals surface area contributed by atoms with Crippen molar-refractivity contribution in [2.24, 2.45) is 0 Å². The van der Waals surface area contributed by atoms with Crippen molar-refractivity contribution in [2.45, 2.75) is 44.2 Å². The Kier molecular flexibility index (Phi) is 7.01. The number of ether oxygens (including phenoxy) is 1. The van der Waals surface area contributed by atoms with Gasteiger partial charge in [0.2, 0.25) is 0 Å². The first kappa shape index (κ1) is 23.4. The number of nitrogens with zero attached hydrogens (tertiary/aromatic N) is 4. The molecule has 0 spiro atoms. The normalized spacial score (nSPS) is 21.7. The van der Waals surface area contributed by atoms with Crippen LogP contribution in [0.4, 0.5) is 0 Å². The number of carbonyl (C=O) groups excluding carboxylic acids is 2. The van der Waals surface area contributed by atoms with Crippen molar-refractivity contribution >= 4 is 11.8 Å². The van der Waals surface area contributed by atoms with E-state index in [2.05, 4.69) is 11.0 Å². The van der Waals surface area contributed by atoms with Crippen LogP contribution in [-0.2, 0) is 0 Å².